The zero-order valence-corrected chi connectivity index (χ0v) is 11.5. The maximum absolute atomic E-state index is 12.7. The van der Waals surface area contributed by atoms with E-state index in [4.69, 9.17) is 5.73 Å². The summed E-state index contributed by atoms with van der Waals surface area (Å²) in [5.41, 5.74) is 8.13. The van der Waals surface area contributed by atoms with Crippen molar-refractivity contribution in [2.24, 2.45) is 0 Å². The largest absolute Gasteiger partial charge is 0.398 e. The Bertz CT molecular complexity index is 606. The number of nitrogen functional groups attached to an aromatic ring is 1. The van der Waals surface area contributed by atoms with Gasteiger partial charge in [0.05, 0.1) is 11.3 Å². The van der Waals surface area contributed by atoms with Crippen molar-refractivity contribution in [3.63, 3.8) is 0 Å². The lowest BCUT2D eigenvalue weighted by Gasteiger charge is -2.21. The molecule has 0 aliphatic carbocycles. The van der Waals surface area contributed by atoms with Crippen LogP contribution in [0, 0.1) is 0 Å². The van der Waals surface area contributed by atoms with Crippen LogP contribution < -0.4 is 10.6 Å². The zero-order chi connectivity index (χ0) is 13.2. The highest BCUT2D eigenvalue weighted by Crippen LogP contribution is 2.32. The molecule has 2 aromatic rings. The van der Waals surface area contributed by atoms with Gasteiger partial charge in [-0.1, -0.05) is 12.1 Å². The average Bonchev–Trinajstić information content (AvgIpc) is 2.78. The van der Waals surface area contributed by atoms with Gasteiger partial charge in [-0.3, -0.25) is 4.79 Å². The van der Waals surface area contributed by atoms with E-state index in [0.29, 0.717) is 11.3 Å². The second-order valence-corrected chi connectivity index (χ2v) is 5.73. The fourth-order valence-corrected chi connectivity index (χ4v) is 3.41. The number of para-hydroxylation sites is 1. The Morgan fingerprint density at radius 3 is 2.89 bits per heavy atom. The molecule has 0 fully saturated rings. The molecule has 1 aliphatic rings. The second kappa shape index (κ2) is 5.05. The maximum atomic E-state index is 12.7. The molecular formula is C15H16N2OS. The van der Waals surface area contributed by atoms with E-state index in [1.807, 2.05) is 23.1 Å². The number of anilines is 2. The SMILES string of the molecule is Nc1ccccc1C(=O)N1CCCCc2sccc21. The standard InChI is InChI=1S/C15H16N2OS/c16-12-6-2-1-5-11(12)15(18)17-9-4-3-7-14-13(17)8-10-19-14/h1-2,5-6,8,10H,3-4,7,9,16H2. The van der Waals surface area contributed by atoms with Crippen molar-refractivity contribution in [3.8, 4) is 0 Å². The van der Waals surface area contributed by atoms with E-state index in [0.717, 1.165) is 31.5 Å². The Labute approximate surface area is 116 Å². The van der Waals surface area contributed by atoms with Gasteiger partial charge in [0.2, 0.25) is 0 Å². The molecule has 1 aromatic carbocycles. The number of hydrogen-bond acceptors (Lipinski definition) is 3. The number of fused-ring (bicyclic) bond motifs is 1. The Balaban J connectivity index is 1.99. The first-order valence-corrected chi connectivity index (χ1v) is 7.38. The fraction of sp³-hybridized carbons (Fsp3) is 0.267. The number of nitrogens with two attached hydrogens (primary N) is 1. The monoisotopic (exact) mass is 272 g/mol. The number of carbonyl (C=O) groups excluding carboxylic acids is 1. The van der Waals surface area contributed by atoms with Crippen LogP contribution in [0.4, 0.5) is 11.4 Å². The number of benzene rings is 1. The third-order valence-electron chi connectivity index (χ3n) is 3.48. The van der Waals surface area contributed by atoms with Gasteiger partial charge in [-0.05, 0) is 42.8 Å². The molecular weight excluding hydrogens is 256 g/mol. The maximum Gasteiger partial charge on any atom is 0.260 e. The highest BCUT2D eigenvalue weighted by Gasteiger charge is 2.24. The fourth-order valence-electron chi connectivity index (χ4n) is 2.49. The molecule has 2 N–H and O–H groups in total. The summed E-state index contributed by atoms with van der Waals surface area (Å²) in [5, 5.41) is 2.06. The van der Waals surface area contributed by atoms with Crippen LogP contribution in [0.5, 0.6) is 0 Å². The highest BCUT2D eigenvalue weighted by atomic mass is 32.1. The zero-order valence-electron chi connectivity index (χ0n) is 10.6. The first-order valence-electron chi connectivity index (χ1n) is 6.50. The summed E-state index contributed by atoms with van der Waals surface area (Å²) in [4.78, 5) is 15.9. The van der Waals surface area contributed by atoms with Crippen LogP contribution in [0.25, 0.3) is 0 Å². The quantitative estimate of drug-likeness (QED) is 0.809. The average molecular weight is 272 g/mol. The molecule has 0 spiro atoms. The third kappa shape index (κ3) is 2.24. The van der Waals surface area contributed by atoms with Crippen molar-refractivity contribution in [1.29, 1.82) is 0 Å². The molecule has 1 amide bonds. The van der Waals surface area contributed by atoms with Crippen LogP contribution in [-0.4, -0.2) is 12.5 Å². The predicted octanol–water partition coefficient (Wildman–Crippen LogP) is 3.31. The van der Waals surface area contributed by atoms with Crippen LogP contribution >= 0.6 is 11.3 Å². The van der Waals surface area contributed by atoms with Crippen LogP contribution in [0.2, 0.25) is 0 Å². The Morgan fingerprint density at radius 2 is 2.05 bits per heavy atom. The number of thiophene rings is 1. The van der Waals surface area contributed by atoms with E-state index >= 15 is 0 Å². The van der Waals surface area contributed by atoms with Gasteiger partial charge < -0.3 is 10.6 Å². The van der Waals surface area contributed by atoms with E-state index in [2.05, 4.69) is 5.38 Å². The third-order valence-corrected chi connectivity index (χ3v) is 4.45. The minimum absolute atomic E-state index is 0.0136. The molecule has 3 nitrogen and oxygen atoms in total. The lowest BCUT2D eigenvalue weighted by Crippen LogP contribution is -2.31. The van der Waals surface area contributed by atoms with Gasteiger partial charge in [0.15, 0.2) is 0 Å². The van der Waals surface area contributed by atoms with E-state index in [1.165, 1.54) is 4.88 Å². The number of nitrogens with zero attached hydrogens (tertiary/aromatic N) is 1. The van der Waals surface area contributed by atoms with Gasteiger partial charge in [0.1, 0.15) is 0 Å². The molecule has 19 heavy (non-hydrogen) atoms. The molecule has 0 saturated heterocycles. The summed E-state index contributed by atoms with van der Waals surface area (Å²) in [6.07, 6.45) is 3.25. The molecule has 4 heteroatoms. The second-order valence-electron chi connectivity index (χ2n) is 4.73. The van der Waals surface area contributed by atoms with Crippen LogP contribution in [-0.2, 0) is 6.42 Å². The van der Waals surface area contributed by atoms with Crippen molar-refractivity contribution in [2.75, 3.05) is 17.2 Å². The normalized spacial score (nSPS) is 14.8. The molecule has 0 bridgehead atoms. The number of rotatable bonds is 1. The Morgan fingerprint density at radius 1 is 1.21 bits per heavy atom. The summed E-state index contributed by atoms with van der Waals surface area (Å²) in [6, 6.07) is 9.33. The number of carbonyl (C=O) groups is 1. The van der Waals surface area contributed by atoms with Crippen molar-refractivity contribution in [1.82, 2.24) is 0 Å². The van der Waals surface area contributed by atoms with E-state index in [-0.39, 0.29) is 5.91 Å². The molecule has 1 aromatic heterocycles. The highest BCUT2D eigenvalue weighted by molar-refractivity contribution is 7.10. The molecule has 98 valence electrons. The van der Waals surface area contributed by atoms with E-state index in [9.17, 15) is 4.79 Å². The van der Waals surface area contributed by atoms with Crippen molar-refractivity contribution >= 4 is 28.6 Å². The lowest BCUT2D eigenvalue weighted by atomic mass is 10.1. The summed E-state index contributed by atoms with van der Waals surface area (Å²) in [7, 11) is 0. The van der Waals surface area contributed by atoms with Gasteiger partial charge in [-0.2, -0.15) is 0 Å². The summed E-state index contributed by atoms with van der Waals surface area (Å²) >= 11 is 1.73. The first-order chi connectivity index (χ1) is 9.27. The van der Waals surface area contributed by atoms with Gasteiger partial charge in [-0.25, -0.2) is 0 Å². The van der Waals surface area contributed by atoms with Crippen molar-refractivity contribution < 1.29 is 4.79 Å². The summed E-state index contributed by atoms with van der Waals surface area (Å²) in [6.45, 7) is 0.775. The van der Waals surface area contributed by atoms with Crippen LogP contribution in [0.3, 0.4) is 0 Å². The minimum Gasteiger partial charge on any atom is -0.398 e. The topological polar surface area (TPSA) is 46.3 Å². The lowest BCUT2D eigenvalue weighted by molar-refractivity contribution is 0.0988. The molecule has 3 rings (SSSR count). The van der Waals surface area contributed by atoms with Crippen LogP contribution in [0.1, 0.15) is 28.1 Å². The summed E-state index contributed by atoms with van der Waals surface area (Å²) < 4.78 is 0. The van der Waals surface area contributed by atoms with E-state index in [1.54, 1.807) is 23.5 Å². The van der Waals surface area contributed by atoms with Gasteiger partial charge in [0.25, 0.3) is 5.91 Å². The number of hydrogen-bond donors (Lipinski definition) is 1. The Kier molecular flexibility index (Phi) is 3.25. The smallest absolute Gasteiger partial charge is 0.260 e. The van der Waals surface area contributed by atoms with Crippen molar-refractivity contribution in [2.45, 2.75) is 19.3 Å². The molecule has 0 radical (unpaired) electrons. The minimum atomic E-state index is 0.0136. The molecule has 0 saturated carbocycles. The number of amides is 1. The van der Waals surface area contributed by atoms with E-state index < -0.39 is 0 Å². The van der Waals surface area contributed by atoms with Gasteiger partial charge in [0, 0.05) is 17.1 Å². The molecule has 1 aliphatic heterocycles. The first kappa shape index (κ1) is 12.2. The molecule has 2 heterocycles. The predicted molar refractivity (Wildman–Crippen MR) is 79.8 cm³/mol. The Hall–Kier alpha value is -1.81. The number of aryl methyl sites for hydroxylation is 1. The van der Waals surface area contributed by atoms with Crippen LogP contribution in [0.15, 0.2) is 35.7 Å². The molecule has 0 atom stereocenters. The van der Waals surface area contributed by atoms with Crippen molar-refractivity contribution in [3.05, 3.63) is 46.2 Å². The van der Waals surface area contributed by atoms with Gasteiger partial charge >= 0.3 is 0 Å². The molecule has 0 unspecified atom stereocenters. The van der Waals surface area contributed by atoms with Gasteiger partial charge in [-0.15, -0.1) is 11.3 Å². The summed E-state index contributed by atoms with van der Waals surface area (Å²) in [5.74, 6) is 0.0136.